The number of carbonyl (C=O) groups excluding carboxylic acids is 1. The van der Waals surface area contributed by atoms with Crippen molar-refractivity contribution < 1.29 is 4.79 Å². The molecule has 0 spiro atoms. The number of benzene rings is 1. The second kappa shape index (κ2) is 6.03. The van der Waals surface area contributed by atoms with Crippen LogP contribution < -0.4 is 4.90 Å². The molecule has 1 aromatic rings. The zero-order chi connectivity index (χ0) is 13.8. The molecule has 0 heterocycles. The minimum absolute atomic E-state index is 0.200. The van der Waals surface area contributed by atoms with Gasteiger partial charge in [-0.1, -0.05) is 32.9 Å². The minimum Gasteiger partial charge on any atom is -0.375 e. The van der Waals surface area contributed by atoms with Gasteiger partial charge in [0.05, 0.1) is 0 Å². The number of ketones is 1. The predicted octanol–water partition coefficient (Wildman–Crippen LogP) is 3.79. The second-order valence-electron chi connectivity index (χ2n) is 6.02. The van der Waals surface area contributed by atoms with E-state index in [-0.39, 0.29) is 11.2 Å². The maximum absolute atomic E-state index is 10.9. The van der Waals surface area contributed by atoms with Crippen LogP contribution in [-0.2, 0) is 10.2 Å². The van der Waals surface area contributed by atoms with E-state index in [1.807, 2.05) is 0 Å². The van der Waals surface area contributed by atoms with Crippen molar-refractivity contribution in [3.63, 3.8) is 0 Å². The van der Waals surface area contributed by atoms with Crippen molar-refractivity contribution in [1.29, 1.82) is 0 Å². The first kappa shape index (κ1) is 14.7. The maximum atomic E-state index is 10.9. The zero-order valence-corrected chi connectivity index (χ0v) is 12.3. The lowest BCUT2D eigenvalue weighted by atomic mass is 9.87. The molecule has 0 radical (unpaired) electrons. The predicted molar refractivity (Wildman–Crippen MR) is 78.3 cm³/mol. The molecule has 100 valence electrons. The summed E-state index contributed by atoms with van der Waals surface area (Å²) >= 11 is 0. The van der Waals surface area contributed by atoms with Gasteiger partial charge in [0, 0.05) is 25.7 Å². The normalized spacial score (nSPS) is 11.4. The number of hydrogen-bond acceptors (Lipinski definition) is 2. The quantitative estimate of drug-likeness (QED) is 0.789. The Labute approximate surface area is 111 Å². The first-order valence-corrected chi connectivity index (χ1v) is 6.62. The highest BCUT2D eigenvalue weighted by Gasteiger charge is 2.13. The molecule has 0 saturated carbocycles. The van der Waals surface area contributed by atoms with Crippen LogP contribution in [0.1, 0.15) is 46.1 Å². The number of anilines is 1. The summed E-state index contributed by atoms with van der Waals surface area (Å²) in [7, 11) is 2.08. The van der Waals surface area contributed by atoms with Crippen molar-refractivity contribution in [2.24, 2.45) is 0 Å². The zero-order valence-electron chi connectivity index (χ0n) is 12.3. The van der Waals surface area contributed by atoms with Crippen LogP contribution in [0.5, 0.6) is 0 Å². The van der Waals surface area contributed by atoms with Gasteiger partial charge in [-0.3, -0.25) is 0 Å². The summed E-state index contributed by atoms with van der Waals surface area (Å²) in [5, 5.41) is 0. The van der Waals surface area contributed by atoms with Crippen LogP contribution in [0.15, 0.2) is 24.3 Å². The van der Waals surface area contributed by atoms with Gasteiger partial charge in [0.2, 0.25) is 0 Å². The Morgan fingerprint density at radius 2 is 1.72 bits per heavy atom. The van der Waals surface area contributed by atoms with Crippen LogP contribution >= 0.6 is 0 Å². The van der Waals surface area contributed by atoms with Crippen LogP contribution in [-0.4, -0.2) is 19.4 Å². The molecule has 0 saturated heterocycles. The summed E-state index contributed by atoms with van der Waals surface area (Å²) in [6, 6.07) is 8.70. The molecule has 0 aliphatic rings. The molecule has 0 bridgehead atoms. The van der Waals surface area contributed by atoms with Crippen molar-refractivity contribution in [2.75, 3.05) is 18.5 Å². The highest BCUT2D eigenvalue weighted by Crippen LogP contribution is 2.24. The summed E-state index contributed by atoms with van der Waals surface area (Å²) in [6.07, 6.45) is 1.59. The van der Waals surface area contributed by atoms with Crippen molar-refractivity contribution in [1.82, 2.24) is 0 Å². The van der Waals surface area contributed by atoms with Crippen LogP contribution in [0, 0.1) is 0 Å². The van der Waals surface area contributed by atoms with Crippen LogP contribution in [0.25, 0.3) is 0 Å². The van der Waals surface area contributed by atoms with E-state index in [0.29, 0.717) is 6.42 Å². The molecule has 0 aromatic heterocycles. The van der Waals surface area contributed by atoms with Gasteiger partial charge in [0.15, 0.2) is 0 Å². The van der Waals surface area contributed by atoms with Gasteiger partial charge in [0.1, 0.15) is 5.78 Å². The molecule has 0 atom stereocenters. The first-order valence-electron chi connectivity index (χ1n) is 6.62. The Balaban J connectivity index is 2.59. The van der Waals surface area contributed by atoms with E-state index in [4.69, 9.17) is 0 Å². The SMILES string of the molecule is CC(=O)CCCN(C)c1ccc(C(C)(C)C)cc1. The first-order chi connectivity index (χ1) is 8.30. The Morgan fingerprint density at radius 3 is 2.17 bits per heavy atom. The fourth-order valence-corrected chi connectivity index (χ4v) is 1.91. The molecule has 2 nitrogen and oxygen atoms in total. The monoisotopic (exact) mass is 247 g/mol. The second-order valence-corrected chi connectivity index (χ2v) is 6.02. The van der Waals surface area contributed by atoms with Gasteiger partial charge in [0.25, 0.3) is 0 Å². The lowest BCUT2D eigenvalue weighted by molar-refractivity contribution is -0.117. The molecule has 0 aliphatic carbocycles. The van der Waals surface area contributed by atoms with Crippen molar-refractivity contribution in [3.8, 4) is 0 Å². The number of hydrogen-bond donors (Lipinski definition) is 0. The molecule has 1 aromatic carbocycles. The maximum Gasteiger partial charge on any atom is 0.129 e. The minimum atomic E-state index is 0.200. The molecule has 1 rings (SSSR count). The Hall–Kier alpha value is -1.31. The summed E-state index contributed by atoms with van der Waals surface area (Å²) in [5.74, 6) is 0.270. The summed E-state index contributed by atoms with van der Waals surface area (Å²) in [4.78, 5) is 13.1. The largest absolute Gasteiger partial charge is 0.375 e. The van der Waals surface area contributed by atoms with E-state index in [9.17, 15) is 4.79 Å². The Kier molecular flexibility index (Phi) is 4.94. The van der Waals surface area contributed by atoms with Crippen molar-refractivity contribution in [3.05, 3.63) is 29.8 Å². The molecular formula is C16H25NO. The summed E-state index contributed by atoms with van der Waals surface area (Å²) in [6.45, 7) is 9.24. The summed E-state index contributed by atoms with van der Waals surface area (Å²) < 4.78 is 0. The van der Waals surface area contributed by atoms with E-state index in [1.54, 1.807) is 6.92 Å². The fourth-order valence-electron chi connectivity index (χ4n) is 1.91. The number of nitrogens with zero attached hydrogens (tertiary/aromatic N) is 1. The number of Topliss-reactive ketones (excluding diaryl/α,β-unsaturated/α-hetero) is 1. The molecule has 0 N–H and O–H groups in total. The van der Waals surface area contributed by atoms with Gasteiger partial charge in [-0.15, -0.1) is 0 Å². The average Bonchev–Trinajstić information content (AvgIpc) is 2.27. The van der Waals surface area contributed by atoms with Crippen LogP contribution in [0.2, 0.25) is 0 Å². The van der Waals surface area contributed by atoms with E-state index in [0.717, 1.165) is 13.0 Å². The number of carbonyl (C=O) groups is 1. The third kappa shape index (κ3) is 4.52. The lowest BCUT2D eigenvalue weighted by Gasteiger charge is -2.22. The van der Waals surface area contributed by atoms with Gasteiger partial charge < -0.3 is 9.69 Å². The molecule has 0 aliphatic heterocycles. The van der Waals surface area contributed by atoms with E-state index >= 15 is 0 Å². The Bertz CT molecular complexity index is 387. The fraction of sp³-hybridized carbons (Fsp3) is 0.562. The van der Waals surface area contributed by atoms with E-state index in [1.165, 1.54) is 11.3 Å². The van der Waals surface area contributed by atoms with Gasteiger partial charge in [-0.25, -0.2) is 0 Å². The van der Waals surface area contributed by atoms with Gasteiger partial charge >= 0.3 is 0 Å². The van der Waals surface area contributed by atoms with E-state index in [2.05, 4.69) is 57.0 Å². The molecule has 18 heavy (non-hydrogen) atoms. The highest BCUT2D eigenvalue weighted by atomic mass is 16.1. The molecule has 2 heteroatoms. The third-order valence-electron chi connectivity index (χ3n) is 3.20. The Morgan fingerprint density at radius 1 is 1.17 bits per heavy atom. The van der Waals surface area contributed by atoms with Gasteiger partial charge in [-0.2, -0.15) is 0 Å². The van der Waals surface area contributed by atoms with Crippen LogP contribution in [0.3, 0.4) is 0 Å². The standard InChI is InChI=1S/C16H25NO/c1-13(18)7-6-12-17(5)15-10-8-14(9-11-15)16(2,3)4/h8-11H,6-7,12H2,1-5H3. The van der Waals surface area contributed by atoms with Crippen molar-refractivity contribution >= 4 is 11.5 Å². The van der Waals surface area contributed by atoms with E-state index < -0.39 is 0 Å². The molecular weight excluding hydrogens is 222 g/mol. The molecule has 0 amide bonds. The van der Waals surface area contributed by atoms with Crippen molar-refractivity contribution in [2.45, 2.75) is 46.0 Å². The highest BCUT2D eigenvalue weighted by molar-refractivity contribution is 5.75. The third-order valence-corrected chi connectivity index (χ3v) is 3.20. The topological polar surface area (TPSA) is 20.3 Å². The number of rotatable bonds is 5. The molecule has 0 fully saturated rings. The molecule has 0 unspecified atom stereocenters. The lowest BCUT2D eigenvalue weighted by Crippen LogP contribution is -2.19. The van der Waals surface area contributed by atoms with Gasteiger partial charge in [-0.05, 0) is 36.5 Å². The van der Waals surface area contributed by atoms with Crippen LogP contribution in [0.4, 0.5) is 5.69 Å². The smallest absolute Gasteiger partial charge is 0.129 e. The summed E-state index contributed by atoms with van der Waals surface area (Å²) in [5.41, 5.74) is 2.76. The average molecular weight is 247 g/mol.